The summed E-state index contributed by atoms with van der Waals surface area (Å²) in [5, 5.41) is 0. The molecule has 0 spiro atoms. The third-order valence-electron chi connectivity index (χ3n) is 4.76. The number of hydrogen-bond donors (Lipinski definition) is 1. The van der Waals surface area contributed by atoms with Crippen molar-refractivity contribution in [3.63, 3.8) is 0 Å². The number of rotatable bonds is 2. The zero-order valence-corrected chi connectivity index (χ0v) is 14.0. The molecular weight excluding hydrogens is 318 g/mol. The lowest BCUT2D eigenvalue weighted by Gasteiger charge is -2.32. The number of nitrogens with zero attached hydrogens (tertiary/aromatic N) is 4. The quantitative estimate of drug-likeness (QED) is 0.772. The van der Waals surface area contributed by atoms with E-state index in [4.69, 9.17) is 0 Å². The van der Waals surface area contributed by atoms with E-state index < -0.39 is 0 Å². The molecule has 1 N–H and O–H groups in total. The second-order valence-corrected chi connectivity index (χ2v) is 6.44. The molecule has 25 heavy (non-hydrogen) atoms. The SMILES string of the molecule is Cc1cccc2nc(C(=O)N3CCC[C@H](c4ccnc(=O)[nH]4)C3)cn12. The fraction of sp³-hybridized carbons (Fsp3) is 0.333. The number of fused-ring (bicyclic) bond motifs is 1. The van der Waals surface area contributed by atoms with Crippen LogP contribution in [0.3, 0.4) is 0 Å². The highest BCUT2D eigenvalue weighted by molar-refractivity contribution is 5.93. The fourth-order valence-corrected chi connectivity index (χ4v) is 3.45. The van der Waals surface area contributed by atoms with Crippen molar-refractivity contribution in [2.75, 3.05) is 13.1 Å². The first-order valence-corrected chi connectivity index (χ1v) is 8.41. The molecule has 0 radical (unpaired) electrons. The summed E-state index contributed by atoms with van der Waals surface area (Å²) in [6, 6.07) is 7.63. The van der Waals surface area contributed by atoms with Gasteiger partial charge < -0.3 is 14.3 Å². The summed E-state index contributed by atoms with van der Waals surface area (Å²) in [5.41, 5.74) is 2.75. The summed E-state index contributed by atoms with van der Waals surface area (Å²) in [5.74, 6) is 0.0522. The highest BCUT2D eigenvalue weighted by Crippen LogP contribution is 2.25. The van der Waals surface area contributed by atoms with Crippen LogP contribution in [0.25, 0.3) is 5.65 Å². The summed E-state index contributed by atoms with van der Waals surface area (Å²) in [4.78, 5) is 37.1. The van der Waals surface area contributed by atoms with E-state index in [0.717, 1.165) is 29.9 Å². The predicted molar refractivity (Wildman–Crippen MR) is 92.7 cm³/mol. The highest BCUT2D eigenvalue weighted by Gasteiger charge is 2.27. The van der Waals surface area contributed by atoms with E-state index in [9.17, 15) is 9.59 Å². The number of carbonyl (C=O) groups excluding carboxylic acids is 1. The van der Waals surface area contributed by atoms with Crippen molar-refractivity contribution >= 4 is 11.6 Å². The molecule has 1 aliphatic heterocycles. The van der Waals surface area contributed by atoms with Crippen LogP contribution >= 0.6 is 0 Å². The molecule has 7 heteroatoms. The molecule has 0 aromatic carbocycles. The van der Waals surface area contributed by atoms with Gasteiger partial charge in [0.25, 0.3) is 5.91 Å². The third-order valence-corrected chi connectivity index (χ3v) is 4.76. The number of aromatic nitrogens is 4. The van der Waals surface area contributed by atoms with Crippen molar-refractivity contribution in [2.24, 2.45) is 0 Å². The first-order chi connectivity index (χ1) is 12.1. The van der Waals surface area contributed by atoms with Gasteiger partial charge in [-0.15, -0.1) is 0 Å². The number of likely N-dealkylation sites (tertiary alicyclic amines) is 1. The van der Waals surface area contributed by atoms with Gasteiger partial charge in [-0.05, 0) is 38.0 Å². The minimum atomic E-state index is -0.350. The van der Waals surface area contributed by atoms with Gasteiger partial charge in [-0.3, -0.25) is 4.79 Å². The smallest absolute Gasteiger partial charge is 0.337 e. The Labute approximate surface area is 144 Å². The van der Waals surface area contributed by atoms with Gasteiger partial charge in [0.05, 0.1) is 0 Å². The molecule has 4 rings (SSSR count). The van der Waals surface area contributed by atoms with Crippen LogP contribution in [0, 0.1) is 6.92 Å². The average Bonchev–Trinajstić information content (AvgIpc) is 3.07. The molecule has 128 valence electrons. The standard InChI is InChI=1S/C18H19N5O2/c1-12-4-2-6-16-20-15(11-23(12)16)17(24)22-9-3-5-13(10-22)14-7-8-19-18(25)21-14/h2,4,6-8,11,13H,3,5,9-10H2,1H3,(H,19,21,25)/t13-/m0/s1. The van der Waals surface area contributed by atoms with Gasteiger partial charge in [0.15, 0.2) is 0 Å². The first-order valence-electron chi connectivity index (χ1n) is 8.41. The van der Waals surface area contributed by atoms with Crippen LogP contribution in [-0.2, 0) is 0 Å². The summed E-state index contributed by atoms with van der Waals surface area (Å²) < 4.78 is 1.93. The number of aromatic amines is 1. The van der Waals surface area contributed by atoms with Gasteiger partial charge in [-0.2, -0.15) is 0 Å². The van der Waals surface area contributed by atoms with Gasteiger partial charge in [-0.25, -0.2) is 14.8 Å². The molecule has 0 saturated carbocycles. The largest absolute Gasteiger partial charge is 0.345 e. The van der Waals surface area contributed by atoms with E-state index in [-0.39, 0.29) is 17.5 Å². The molecule has 4 heterocycles. The van der Waals surface area contributed by atoms with Crippen LogP contribution in [-0.4, -0.2) is 43.2 Å². The molecule has 1 amide bonds. The second-order valence-electron chi connectivity index (χ2n) is 6.44. The van der Waals surface area contributed by atoms with Crippen molar-refractivity contribution in [3.05, 3.63) is 64.2 Å². The molecule has 1 aliphatic rings. The van der Waals surface area contributed by atoms with E-state index in [1.807, 2.05) is 40.5 Å². The molecule has 3 aromatic rings. The van der Waals surface area contributed by atoms with Crippen LogP contribution in [0.15, 0.2) is 41.5 Å². The molecular formula is C18H19N5O2. The number of hydrogen-bond acceptors (Lipinski definition) is 4. The molecule has 0 aliphatic carbocycles. The lowest BCUT2D eigenvalue weighted by molar-refractivity contribution is 0.0700. The summed E-state index contributed by atoms with van der Waals surface area (Å²) in [7, 11) is 0. The monoisotopic (exact) mass is 337 g/mol. The normalized spacial score (nSPS) is 17.8. The Balaban J connectivity index is 1.58. The minimum Gasteiger partial charge on any atom is -0.337 e. The Morgan fingerprint density at radius 3 is 3.00 bits per heavy atom. The maximum atomic E-state index is 12.9. The third kappa shape index (κ3) is 2.93. The molecule has 1 saturated heterocycles. The van der Waals surface area contributed by atoms with Crippen molar-refractivity contribution < 1.29 is 4.79 Å². The van der Waals surface area contributed by atoms with Gasteiger partial charge >= 0.3 is 5.69 Å². The lowest BCUT2D eigenvalue weighted by Crippen LogP contribution is -2.39. The molecule has 0 bridgehead atoms. The molecule has 3 aromatic heterocycles. The zero-order chi connectivity index (χ0) is 17.4. The van der Waals surface area contributed by atoms with Crippen LogP contribution in [0.5, 0.6) is 0 Å². The first kappa shape index (κ1) is 15.6. The number of nitrogens with one attached hydrogen (secondary N) is 1. The zero-order valence-electron chi connectivity index (χ0n) is 14.0. The van der Waals surface area contributed by atoms with Crippen molar-refractivity contribution in [1.82, 2.24) is 24.3 Å². The Morgan fingerprint density at radius 2 is 2.20 bits per heavy atom. The number of piperidine rings is 1. The van der Waals surface area contributed by atoms with E-state index in [2.05, 4.69) is 15.0 Å². The summed E-state index contributed by atoms with van der Waals surface area (Å²) in [6.07, 6.45) is 5.14. The van der Waals surface area contributed by atoms with Crippen LogP contribution in [0.1, 0.15) is 40.6 Å². The van der Waals surface area contributed by atoms with Crippen LogP contribution in [0.2, 0.25) is 0 Å². The molecule has 0 unspecified atom stereocenters. The number of carbonyl (C=O) groups is 1. The Bertz CT molecular complexity index is 990. The number of imidazole rings is 1. The number of aryl methyl sites for hydroxylation is 1. The summed E-state index contributed by atoms with van der Waals surface area (Å²) >= 11 is 0. The minimum absolute atomic E-state index is 0.0656. The Kier molecular flexibility index (Phi) is 3.83. The van der Waals surface area contributed by atoms with Gasteiger partial charge in [0, 0.05) is 42.8 Å². The highest BCUT2D eigenvalue weighted by atomic mass is 16.2. The molecule has 7 nitrogen and oxygen atoms in total. The van der Waals surface area contributed by atoms with Crippen molar-refractivity contribution in [3.8, 4) is 0 Å². The van der Waals surface area contributed by atoms with Crippen LogP contribution < -0.4 is 5.69 Å². The van der Waals surface area contributed by atoms with E-state index in [1.165, 1.54) is 6.20 Å². The average molecular weight is 337 g/mol. The van der Waals surface area contributed by atoms with Crippen molar-refractivity contribution in [1.29, 1.82) is 0 Å². The lowest BCUT2D eigenvalue weighted by atomic mass is 9.94. The topological polar surface area (TPSA) is 83.4 Å². The molecule has 1 fully saturated rings. The maximum Gasteiger partial charge on any atom is 0.345 e. The van der Waals surface area contributed by atoms with Crippen LogP contribution in [0.4, 0.5) is 0 Å². The number of pyridine rings is 1. The summed E-state index contributed by atoms with van der Waals surface area (Å²) in [6.45, 7) is 3.27. The second kappa shape index (κ2) is 6.16. The van der Waals surface area contributed by atoms with Gasteiger partial charge in [-0.1, -0.05) is 6.07 Å². The van der Waals surface area contributed by atoms with Crippen molar-refractivity contribution in [2.45, 2.75) is 25.7 Å². The number of H-pyrrole nitrogens is 1. The van der Waals surface area contributed by atoms with Gasteiger partial charge in [0.1, 0.15) is 11.3 Å². The number of amides is 1. The van der Waals surface area contributed by atoms with E-state index in [1.54, 1.807) is 6.20 Å². The fourth-order valence-electron chi connectivity index (χ4n) is 3.45. The van der Waals surface area contributed by atoms with Gasteiger partial charge in [0.2, 0.25) is 0 Å². The maximum absolute atomic E-state index is 12.9. The Hall–Kier alpha value is -2.96. The molecule has 1 atom stereocenters. The van der Waals surface area contributed by atoms with E-state index >= 15 is 0 Å². The van der Waals surface area contributed by atoms with E-state index in [0.29, 0.717) is 18.8 Å². The predicted octanol–water partition coefficient (Wildman–Crippen LogP) is 1.75. The Morgan fingerprint density at radius 1 is 1.32 bits per heavy atom.